The van der Waals surface area contributed by atoms with Gasteiger partial charge in [-0.2, -0.15) is 16.1 Å². The Morgan fingerprint density at radius 3 is 2.74 bits per heavy atom. The lowest BCUT2D eigenvalue weighted by atomic mass is 10.3. The maximum Gasteiger partial charge on any atom is 0.267 e. The van der Waals surface area contributed by atoms with Crippen LogP contribution in [0.15, 0.2) is 65.0 Å². The standard InChI is InChI=1S/C21H21N3O4S3/c25-21(20-19(7-11-30-20)31(26,27)24-9-12-29-13-10-24)23-16-5-3-6-18(14-16)28-15-17-4-1-2-8-22-17/h1-8,11,14H,9-10,12-13,15H2,(H,23,25). The third-order valence-electron chi connectivity index (χ3n) is 4.63. The van der Waals surface area contributed by atoms with Crippen LogP contribution >= 0.6 is 23.1 Å². The number of sulfonamides is 1. The number of aromatic nitrogens is 1. The SMILES string of the molecule is O=C(Nc1cccc(OCc2ccccn2)c1)c1sccc1S(=O)(=O)N1CCSCC1. The number of carbonyl (C=O) groups excluding carboxylic acids is 1. The molecule has 1 N–H and O–H groups in total. The van der Waals surface area contributed by atoms with Crippen LogP contribution in [0.3, 0.4) is 0 Å². The van der Waals surface area contributed by atoms with Gasteiger partial charge in [0.25, 0.3) is 5.91 Å². The molecular weight excluding hydrogens is 454 g/mol. The summed E-state index contributed by atoms with van der Waals surface area (Å²) in [5, 5.41) is 4.42. The first-order valence-electron chi connectivity index (χ1n) is 9.63. The molecule has 2 aromatic heterocycles. The molecule has 31 heavy (non-hydrogen) atoms. The highest BCUT2D eigenvalue weighted by Gasteiger charge is 2.31. The van der Waals surface area contributed by atoms with E-state index in [1.54, 1.807) is 47.6 Å². The fourth-order valence-electron chi connectivity index (χ4n) is 3.08. The normalized spacial score (nSPS) is 14.8. The zero-order valence-electron chi connectivity index (χ0n) is 16.6. The molecule has 1 saturated heterocycles. The third-order valence-corrected chi connectivity index (χ3v) is 8.55. The Balaban J connectivity index is 1.46. The predicted molar refractivity (Wildman–Crippen MR) is 123 cm³/mol. The van der Waals surface area contributed by atoms with E-state index >= 15 is 0 Å². The zero-order valence-corrected chi connectivity index (χ0v) is 19.0. The lowest BCUT2D eigenvalue weighted by Crippen LogP contribution is -2.38. The third kappa shape index (κ3) is 5.27. The van der Waals surface area contributed by atoms with Gasteiger partial charge in [0.15, 0.2) is 0 Å². The molecule has 4 rings (SSSR count). The van der Waals surface area contributed by atoms with Crippen molar-refractivity contribution in [2.24, 2.45) is 0 Å². The van der Waals surface area contributed by atoms with Crippen molar-refractivity contribution in [2.75, 3.05) is 29.9 Å². The van der Waals surface area contributed by atoms with Crippen molar-refractivity contribution in [2.45, 2.75) is 11.5 Å². The maximum absolute atomic E-state index is 13.0. The number of benzene rings is 1. The largest absolute Gasteiger partial charge is 0.487 e. The number of hydrogen-bond donors (Lipinski definition) is 1. The highest BCUT2D eigenvalue weighted by atomic mass is 32.2. The minimum Gasteiger partial charge on any atom is -0.487 e. The number of ether oxygens (including phenoxy) is 1. The Hall–Kier alpha value is -2.40. The number of pyridine rings is 1. The van der Waals surface area contributed by atoms with E-state index < -0.39 is 15.9 Å². The van der Waals surface area contributed by atoms with Crippen molar-refractivity contribution in [1.82, 2.24) is 9.29 Å². The van der Waals surface area contributed by atoms with Crippen molar-refractivity contribution < 1.29 is 17.9 Å². The Morgan fingerprint density at radius 2 is 1.97 bits per heavy atom. The highest BCUT2D eigenvalue weighted by molar-refractivity contribution is 7.99. The number of hydrogen-bond acceptors (Lipinski definition) is 7. The number of amides is 1. The maximum atomic E-state index is 13.0. The Bertz CT molecular complexity index is 1140. The van der Waals surface area contributed by atoms with Crippen LogP contribution in [0.1, 0.15) is 15.4 Å². The topological polar surface area (TPSA) is 88.6 Å². The first-order chi connectivity index (χ1) is 15.0. The monoisotopic (exact) mass is 475 g/mol. The number of thiophene rings is 1. The molecule has 0 spiro atoms. The molecule has 1 aromatic carbocycles. The van der Waals surface area contributed by atoms with E-state index in [2.05, 4.69) is 10.3 Å². The van der Waals surface area contributed by atoms with Crippen LogP contribution < -0.4 is 10.1 Å². The molecule has 0 bridgehead atoms. The van der Waals surface area contributed by atoms with Crippen molar-refractivity contribution in [3.8, 4) is 5.75 Å². The van der Waals surface area contributed by atoms with Gasteiger partial charge < -0.3 is 10.1 Å². The molecule has 0 aliphatic carbocycles. The van der Waals surface area contributed by atoms with Crippen molar-refractivity contribution in [3.05, 3.63) is 70.7 Å². The molecule has 1 aliphatic rings. The van der Waals surface area contributed by atoms with Gasteiger partial charge in [-0.05, 0) is 35.7 Å². The van der Waals surface area contributed by atoms with Gasteiger partial charge in [-0.1, -0.05) is 12.1 Å². The van der Waals surface area contributed by atoms with Gasteiger partial charge in [0, 0.05) is 42.5 Å². The number of anilines is 1. The average Bonchev–Trinajstić information content (AvgIpc) is 3.31. The number of nitrogens with one attached hydrogen (secondary N) is 1. The molecule has 0 radical (unpaired) electrons. The van der Waals surface area contributed by atoms with Gasteiger partial charge in [0.1, 0.15) is 22.1 Å². The molecule has 7 nitrogen and oxygen atoms in total. The number of rotatable bonds is 7. The smallest absolute Gasteiger partial charge is 0.267 e. The summed E-state index contributed by atoms with van der Waals surface area (Å²) in [6, 6.07) is 14.1. The fourth-order valence-corrected chi connectivity index (χ4v) is 6.96. The van der Waals surface area contributed by atoms with E-state index in [-0.39, 0.29) is 9.77 Å². The number of thioether (sulfide) groups is 1. The zero-order chi connectivity index (χ0) is 21.7. The summed E-state index contributed by atoms with van der Waals surface area (Å²) in [7, 11) is -3.70. The Morgan fingerprint density at radius 1 is 1.13 bits per heavy atom. The Kier molecular flexibility index (Phi) is 6.91. The summed E-state index contributed by atoms with van der Waals surface area (Å²) in [6.45, 7) is 1.22. The van der Waals surface area contributed by atoms with E-state index in [0.29, 0.717) is 31.1 Å². The van der Waals surface area contributed by atoms with Gasteiger partial charge >= 0.3 is 0 Å². The summed E-state index contributed by atoms with van der Waals surface area (Å²) >= 11 is 2.85. The quantitative estimate of drug-likeness (QED) is 0.560. The summed E-state index contributed by atoms with van der Waals surface area (Å²) in [6.07, 6.45) is 1.70. The van der Waals surface area contributed by atoms with Crippen LogP contribution in [0.2, 0.25) is 0 Å². The number of carbonyl (C=O) groups is 1. The van der Waals surface area contributed by atoms with Crippen molar-refractivity contribution >= 4 is 44.7 Å². The second kappa shape index (κ2) is 9.82. The van der Waals surface area contributed by atoms with E-state index in [1.807, 2.05) is 18.2 Å². The second-order valence-electron chi connectivity index (χ2n) is 6.72. The second-order valence-corrected chi connectivity index (χ2v) is 10.8. The molecule has 3 aromatic rings. The summed E-state index contributed by atoms with van der Waals surface area (Å²) in [5.74, 6) is 1.64. The first-order valence-corrected chi connectivity index (χ1v) is 13.1. The van der Waals surface area contributed by atoms with Crippen molar-refractivity contribution in [1.29, 1.82) is 0 Å². The highest BCUT2D eigenvalue weighted by Crippen LogP contribution is 2.28. The summed E-state index contributed by atoms with van der Waals surface area (Å²) < 4.78 is 33.2. The molecule has 10 heteroatoms. The predicted octanol–water partition coefficient (Wildman–Crippen LogP) is 3.71. The van der Waals surface area contributed by atoms with Crippen LogP contribution in [0.25, 0.3) is 0 Å². The molecule has 0 atom stereocenters. The van der Waals surface area contributed by atoms with Crippen LogP contribution in [0, 0.1) is 0 Å². The molecule has 162 valence electrons. The summed E-state index contributed by atoms with van der Waals surface area (Å²) in [4.78, 5) is 17.3. The van der Waals surface area contributed by atoms with E-state index in [4.69, 9.17) is 4.74 Å². The minimum atomic E-state index is -3.70. The van der Waals surface area contributed by atoms with Crippen LogP contribution in [0.5, 0.6) is 5.75 Å². The lowest BCUT2D eigenvalue weighted by molar-refractivity contribution is 0.102. The molecular formula is C21H21N3O4S3. The van der Waals surface area contributed by atoms with Gasteiger partial charge in [0.05, 0.1) is 5.69 Å². The van der Waals surface area contributed by atoms with Gasteiger partial charge in [-0.15, -0.1) is 11.3 Å². The summed E-state index contributed by atoms with van der Waals surface area (Å²) in [5.41, 5.74) is 1.32. The van der Waals surface area contributed by atoms with Gasteiger partial charge in [-0.25, -0.2) is 8.42 Å². The lowest BCUT2D eigenvalue weighted by Gasteiger charge is -2.25. The van der Waals surface area contributed by atoms with Gasteiger partial charge in [0.2, 0.25) is 10.0 Å². The average molecular weight is 476 g/mol. The molecule has 1 fully saturated rings. The Labute approximate surface area is 189 Å². The van der Waals surface area contributed by atoms with Crippen LogP contribution in [0.4, 0.5) is 5.69 Å². The number of nitrogens with zero attached hydrogens (tertiary/aromatic N) is 2. The van der Waals surface area contributed by atoms with E-state index in [1.165, 1.54) is 10.4 Å². The van der Waals surface area contributed by atoms with Gasteiger partial charge in [-0.3, -0.25) is 9.78 Å². The first kappa shape index (κ1) is 21.8. The van der Waals surface area contributed by atoms with E-state index in [0.717, 1.165) is 28.5 Å². The van der Waals surface area contributed by atoms with E-state index in [9.17, 15) is 13.2 Å². The minimum absolute atomic E-state index is 0.0597. The fraction of sp³-hybridized carbons (Fsp3) is 0.238. The molecule has 3 heterocycles. The molecule has 1 amide bonds. The molecule has 0 saturated carbocycles. The van der Waals surface area contributed by atoms with Crippen LogP contribution in [-0.2, 0) is 16.6 Å². The molecule has 1 aliphatic heterocycles. The van der Waals surface area contributed by atoms with Crippen molar-refractivity contribution in [3.63, 3.8) is 0 Å². The van der Waals surface area contributed by atoms with Crippen LogP contribution in [-0.4, -0.2) is 48.2 Å². The molecule has 0 unspecified atom stereocenters.